The molecule has 1 aliphatic heterocycles. The normalized spacial score (nSPS) is 14.9. The number of imidazole rings is 1. The Labute approximate surface area is 218 Å². The van der Waals surface area contributed by atoms with Crippen LogP contribution in [0.15, 0.2) is 73.8 Å². The smallest absolute Gasteiger partial charge is 0.159 e. The Morgan fingerprint density at radius 2 is 1.92 bits per heavy atom. The summed E-state index contributed by atoms with van der Waals surface area (Å²) in [5.41, 5.74) is 5.02. The van der Waals surface area contributed by atoms with Crippen molar-refractivity contribution in [3.8, 4) is 5.82 Å². The zero-order valence-electron chi connectivity index (χ0n) is 21.4. The summed E-state index contributed by atoms with van der Waals surface area (Å²) in [6, 6.07) is 16.6. The summed E-state index contributed by atoms with van der Waals surface area (Å²) in [6.07, 6.45) is 7.57. The number of anilines is 1. The zero-order chi connectivity index (χ0) is 25.5. The van der Waals surface area contributed by atoms with E-state index >= 15 is 0 Å². The topological polar surface area (TPSA) is 80.1 Å². The van der Waals surface area contributed by atoms with Gasteiger partial charge >= 0.3 is 0 Å². The summed E-state index contributed by atoms with van der Waals surface area (Å²) >= 11 is 0. The molecule has 3 heterocycles. The van der Waals surface area contributed by atoms with Crippen molar-refractivity contribution in [3.63, 3.8) is 0 Å². The van der Waals surface area contributed by atoms with E-state index in [2.05, 4.69) is 63.3 Å². The fourth-order valence-electron chi connectivity index (χ4n) is 4.59. The minimum atomic E-state index is 0.111. The number of hydrogen-bond acceptors (Lipinski definition) is 7. The van der Waals surface area contributed by atoms with E-state index in [0.29, 0.717) is 5.82 Å². The number of nitrogens with zero attached hydrogens (tertiary/aromatic N) is 5. The van der Waals surface area contributed by atoms with Crippen LogP contribution in [0, 0.1) is 0 Å². The molecular weight excluding hydrogens is 462 g/mol. The third kappa shape index (κ3) is 6.34. The lowest BCUT2D eigenvalue weighted by molar-refractivity contribution is 0.0372. The van der Waals surface area contributed by atoms with E-state index in [-0.39, 0.29) is 6.04 Å². The average molecular weight is 498 g/mol. The van der Waals surface area contributed by atoms with Gasteiger partial charge in [-0.1, -0.05) is 43.0 Å². The van der Waals surface area contributed by atoms with Crippen LogP contribution in [0.4, 0.5) is 5.82 Å². The number of aromatic nitrogens is 4. The fraction of sp³-hybridized carbons (Fsp3) is 0.345. The van der Waals surface area contributed by atoms with Gasteiger partial charge in [-0.15, -0.1) is 0 Å². The molecule has 2 aromatic carbocycles. The lowest BCUT2D eigenvalue weighted by atomic mass is 10.1. The number of morpholine rings is 1. The van der Waals surface area contributed by atoms with Crippen molar-refractivity contribution in [2.45, 2.75) is 25.8 Å². The summed E-state index contributed by atoms with van der Waals surface area (Å²) in [5, 5.41) is 6.95. The Morgan fingerprint density at radius 1 is 1.08 bits per heavy atom. The summed E-state index contributed by atoms with van der Waals surface area (Å²) in [6.45, 7) is 12.2. The molecule has 8 heteroatoms. The predicted molar refractivity (Wildman–Crippen MR) is 149 cm³/mol. The number of rotatable bonds is 11. The minimum absolute atomic E-state index is 0.111. The SMILES string of the molecule is C=C(NCCCCN1CCOCC1)c1ccc2ncn(-c3cncc(N[C@@H](C)c4ccccc4)n3)c2c1. The Balaban J connectivity index is 1.22. The highest BCUT2D eigenvalue weighted by Gasteiger charge is 2.12. The van der Waals surface area contributed by atoms with E-state index < -0.39 is 0 Å². The van der Waals surface area contributed by atoms with Crippen molar-refractivity contribution in [1.82, 2.24) is 29.7 Å². The van der Waals surface area contributed by atoms with Crippen molar-refractivity contribution >= 4 is 22.5 Å². The first-order chi connectivity index (χ1) is 18.2. The highest BCUT2D eigenvalue weighted by Crippen LogP contribution is 2.23. The molecule has 1 fully saturated rings. The van der Waals surface area contributed by atoms with Crippen molar-refractivity contribution < 1.29 is 4.74 Å². The summed E-state index contributed by atoms with van der Waals surface area (Å²) in [7, 11) is 0. The second-order valence-electron chi connectivity index (χ2n) is 9.42. The standard InChI is InChI=1S/C29H35N7O/c1-22(31-12-6-7-13-35-14-16-37-17-15-35)25-10-11-26-27(18-25)36(21-32-26)29-20-30-19-28(34-29)33-23(2)24-8-4-3-5-9-24/h3-5,8-11,18-21,23,31H,1,6-7,12-17H2,2H3,(H,33,34)/t23-/m0/s1. The Hall–Kier alpha value is -3.75. The van der Waals surface area contributed by atoms with Crippen LogP contribution in [0.2, 0.25) is 0 Å². The van der Waals surface area contributed by atoms with Gasteiger partial charge in [0.05, 0.1) is 36.6 Å². The second kappa shape index (κ2) is 12.0. The molecule has 5 rings (SSSR count). The van der Waals surface area contributed by atoms with Crippen LogP contribution in [0.25, 0.3) is 22.5 Å². The van der Waals surface area contributed by atoms with Gasteiger partial charge in [-0.2, -0.15) is 0 Å². The number of fused-ring (bicyclic) bond motifs is 1. The molecular formula is C29H35N7O. The van der Waals surface area contributed by atoms with Crippen molar-refractivity contribution in [2.75, 3.05) is 44.7 Å². The predicted octanol–water partition coefficient (Wildman–Crippen LogP) is 4.66. The lowest BCUT2D eigenvalue weighted by Gasteiger charge is -2.26. The molecule has 2 aromatic heterocycles. The summed E-state index contributed by atoms with van der Waals surface area (Å²) in [5.74, 6) is 1.43. The lowest BCUT2D eigenvalue weighted by Crippen LogP contribution is -2.37. The van der Waals surface area contributed by atoms with Crippen LogP contribution in [0.5, 0.6) is 0 Å². The van der Waals surface area contributed by atoms with E-state index in [1.807, 2.05) is 28.8 Å². The van der Waals surface area contributed by atoms with Crippen LogP contribution in [0.1, 0.15) is 36.9 Å². The third-order valence-electron chi connectivity index (χ3n) is 6.77. The van der Waals surface area contributed by atoms with Gasteiger partial charge in [0.25, 0.3) is 0 Å². The number of nitrogens with one attached hydrogen (secondary N) is 2. The highest BCUT2D eigenvalue weighted by molar-refractivity contribution is 5.81. The first-order valence-corrected chi connectivity index (χ1v) is 13.0. The van der Waals surface area contributed by atoms with Crippen molar-refractivity contribution in [1.29, 1.82) is 0 Å². The second-order valence-corrected chi connectivity index (χ2v) is 9.42. The maximum Gasteiger partial charge on any atom is 0.159 e. The Bertz CT molecular complexity index is 1310. The molecule has 8 nitrogen and oxygen atoms in total. The quantitative estimate of drug-likeness (QED) is 0.292. The highest BCUT2D eigenvalue weighted by atomic mass is 16.5. The van der Waals surface area contributed by atoms with E-state index in [4.69, 9.17) is 9.72 Å². The molecule has 4 aromatic rings. The summed E-state index contributed by atoms with van der Waals surface area (Å²) < 4.78 is 7.40. The Morgan fingerprint density at radius 3 is 2.76 bits per heavy atom. The van der Waals surface area contributed by atoms with Gasteiger partial charge in [0.1, 0.15) is 12.1 Å². The van der Waals surface area contributed by atoms with E-state index in [1.54, 1.807) is 18.7 Å². The number of ether oxygens (including phenoxy) is 1. The van der Waals surface area contributed by atoms with Gasteiger partial charge in [0.2, 0.25) is 0 Å². The van der Waals surface area contributed by atoms with Gasteiger partial charge in [-0.05, 0) is 49.6 Å². The third-order valence-corrected chi connectivity index (χ3v) is 6.77. The van der Waals surface area contributed by atoms with Crippen molar-refractivity contribution in [2.24, 2.45) is 0 Å². The number of benzene rings is 2. The van der Waals surface area contributed by atoms with Crippen LogP contribution in [0.3, 0.4) is 0 Å². The van der Waals surface area contributed by atoms with Crippen LogP contribution < -0.4 is 10.6 Å². The molecule has 0 saturated carbocycles. The van der Waals surface area contributed by atoms with Crippen molar-refractivity contribution in [3.05, 3.63) is 85.0 Å². The van der Waals surface area contributed by atoms with Gasteiger partial charge in [-0.25, -0.2) is 9.97 Å². The maximum atomic E-state index is 5.42. The maximum absolute atomic E-state index is 5.42. The molecule has 1 atom stereocenters. The molecule has 0 aliphatic carbocycles. The van der Waals surface area contributed by atoms with E-state index in [1.165, 1.54) is 5.56 Å². The van der Waals surface area contributed by atoms with E-state index in [9.17, 15) is 0 Å². The fourth-order valence-corrected chi connectivity index (χ4v) is 4.59. The molecule has 0 amide bonds. The zero-order valence-corrected chi connectivity index (χ0v) is 21.4. The van der Waals surface area contributed by atoms with Gasteiger partial charge < -0.3 is 15.4 Å². The van der Waals surface area contributed by atoms with Gasteiger partial charge in [-0.3, -0.25) is 14.5 Å². The Kier molecular flexibility index (Phi) is 8.08. The first kappa shape index (κ1) is 24.9. The molecule has 0 unspecified atom stereocenters. The summed E-state index contributed by atoms with van der Waals surface area (Å²) in [4.78, 5) is 16.3. The van der Waals surface area contributed by atoms with Gasteiger partial charge in [0.15, 0.2) is 5.82 Å². The molecule has 192 valence electrons. The molecule has 0 bridgehead atoms. The van der Waals surface area contributed by atoms with Crippen LogP contribution in [-0.4, -0.2) is 63.8 Å². The monoisotopic (exact) mass is 497 g/mol. The first-order valence-electron chi connectivity index (χ1n) is 13.0. The van der Waals surface area contributed by atoms with E-state index in [0.717, 1.165) is 80.3 Å². The minimum Gasteiger partial charge on any atom is -0.385 e. The van der Waals surface area contributed by atoms with Crippen LogP contribution >= 0.6 is 0 Å². The van der Waals surface area contributed by atoms with Gasteiger partial charge in [0, 0.05) is 31.4 Å². The molecule has 0 spiro atoms. The molecule has 1 aliphatic rings. The molecule has 0 radical (unpaired) electrons. The number of hydrogen-bond donors (Lipinski definition) is 2. The largest absolute Gasteiger partial charge is 0.385 e. The molecule has 1 saturated heterocycles. The average Bonchev–Trinajstić information content (AvgIpc) is 3.37. The van der Waals surface area contributed by atoms with Crippen LogP contribution in [-0.2, 0) is 4.74 Å². The number of unbranched alkanes of at least 4 members (excludes halogenated alkanes) is 1. The molecule has 37 heavy (non-hydrogen) atoms. The molecule has 2 N–H and O–H groups in total.